The van der Waals surface area contributed by atoms with Crippen LogP contribution >= 0.6 is 11.6 Å². The van der Waals surface area contributed by atoms with Crippen molar-refractivity contribution in [2.75, 3.05) is 4.90 Å². The average molecular weight is 341 g/mol. The maximum absolute atomic E-state index is 12.8. The predicted molar refractivity (Wildman–Crippen MR) is 88.4 cm³/mol. The molecule has 2 aromatic carbocycles. The van der Waals surface area contributed by atoms with Crippen molar-refractivity contribution in [2.24, 2.45) is 10.3 Å². The normalized spacial score (nSPS) is 22.4. The highest BCUT2D eigenvalue weighted by Crippen LogP contribution is 2.33. The van der Waals surface area contributed by atoms with Crippen molar-refractivity contribution in [2.45, 2.75) is 18.6 Å². The second kappa shape index (κ2) is 5.72. The number of hydrogen-bond donors (Lipinski definition) is 0. The molecule has 2 aliphatic heterocycles. The molecule has 1 saturated heterocycles. The number of amides is 2. The van der Waals surface area contributed by atoms with Gasteiger partial charge >= 0.3 is 0 Å². The van der Waals surface area contributed by atoms with Gasteiger partial charge in [0, 0.05) is 5.02 Å². The first-order valence-corrected chi connectivity index (χ1v) is 7.87. The Morgan fingerprint density at radius 3 is 2.54 bits per heavy atom. The lowest BCUT2D eigenvalue weighted by atomic mass is 10.1. The van der Waals surface area contributed by atoms with E-state index < -0.39 is 12.1 Å². The van der Waals surface area contributed by atoms with Crippen LogP contribution in [0.3, 0.4) is 0 Å². The van der Waals surface area contributed by atoms with Gasteiger partial charge in [0.2, 0.25) is 0 Å². The van der Waals surface area contributed by atoms with E-state index in [0.717, 1.165) is 10.5 Å². The number of imide groups is 1. The average Bonchev–Trinajstić information content (AvgIpc) is 3.09. The second-order valence-electron chi connectivity index (χ2n) is 5.67. The molecule has 0 unspecified atom stereocenters. The molecule has 120 valence electrons. The number of fused-ring (bicyclic) bond motifs is 1. The summed E-state index contributed by atoms with van der Waals surface area (Å²) < 4.78 is 0. The number of hydrogen-bond acceptors (Lipinski definition) is 5. The second-order valence-corrected chi connectivity index (χ2v) is 6.11. The molecule has 0 radical (unpaired) electrons. The standard InChI is InChI=1S/C17H13ClN4O2/c18-12-7-4-8-13(9-12)22-16(23)14-15(17(22)24)21(20-19-14)10-11-5-2-1-3-6-11/h1-9,14-15H,10H2/t14-,15-/m0/s1. The SMILES string of the molecule is O=C1[C@H]2N=NN(Cc3ccccc3)[C@@H]2C(=O)N1c1cccc(Cl)c1. The Morgan fingerprint density at radius 2 is 1.79 bits per heavy atom. The van der Waals surface area contributed by atoms with Crippen LogP contribution in [0, 0.1) is 0 Å². The zero-order chi connectivity index (χ0) is 16.7. The number of carbonyl (C=O) groups excluding carboxylic acids is 2. The number of anilines is 1. The summed E-state index contributed by atoms with van der Waals surface area (Å²) in [6.07, 6.45) is 0. The van der Waals surface area contributed by atoms with Crippen LogP contribution in [0.25, 0.3) is 0 Å². The summed E-state index contributed by atoms with van der Waals surface area (Å²) in [5.74, 6) is -0.695. The van der Waals surface area contributed by atoms with Crippen molar-refractivity contribution in [1.82, 2.24) is 5.01 Å². The van der Waals surface area contributed by atoms with Crippen molar-refractivity contribution < 1.29 is 9.59 Å². The van der Waals surface area contributed by atoms with Gasteiger partial charge in [-0.15, -0.1) is 0 Å². The van der Waals surface area contributed by atoms with Gasteiger partial charge in [-0.1, -0.05) is 53.2 Å². The molecule has 0 aromatic heterocycles. The van der Waals surface area contributed by atoms with E-state index in [-0.39, 0.29) is 11.8 Å². The Labute approximate surface area is 143 Å². The van der Waals surface area contributed by atoms with Crippen molar-refractivity contribution in [1.29, 1.82) is 0 Å². The topological polar surface area (TPSA) is 65.3 Å². The van der Waals surface area contributed by atoms with Crippen molar-refractivity contribution in [3.05, 3.63) is 65.2 Å². The van der Waals surface area contributed by atoms with Crippen molar-refractivity contribution >= 4 is 29.1 Å². The Hall–Kier alpha value is -2.73. The summed E-state index contributed by atoms with van der Waals surface area (Å²) in [5, 5.41) is 10.1. The molecule has 2 aliphatic rings. The van der Waals surface area contributed by atoms with Gasteiger partial charge in [0.25, 0.3) is 11.8 Å². The third-order valence-electron chi connectivity index (χ3n) is 4.11. The molecule has 2 aromatic rings. The summed E-state index contributed by atoms with van der Waals surface area (Å²) in [4.78, 5) is 26.5. The molecule has 24 heavy (non-hydrogen) atoms. The van der Waals surface area contributed by atoms with Crippen molar-refractivity contribution in [3.63, 3.8) is 0 Å². The fourth-order valence-electron chi connectivity index (χ4n) is 2.99. The van der Waals surface area contributed by atoms with Crippen LogP contribution in [0.15, 0.2) is 64.9 Å². The van der Waals surface area contributed by atoms with Crippen LogP contribution in [0.2, 0.25) is 5.02 Å². The van der Waals surface area contributed by atoms with Gasteiger partial charge < -0.3 is 0 Å². The molecule has 1 fully saturated rings. The van der Waals surface area contributed by atoms with Crippen LogP contribution in [0.5, 0.6) is 0 Å². The summed E-state index contributed by atoms with van der Waals surface area (Å²) >= 11 is 5.97. The van der Waals surface area contributed by atoms with E-state index in [1.165, 1.54) is 0 Å². The fraction of sp³-hybridized carbons (Fsp3) is 0.176. The van der Waals surface area contributed by atoms with Gasteiger partial charge in [0.05, 0.1) is 12.2 Å². The lowest BCUT2D eigenvalue weighted by molar-refractivity contribution is -0.123. The molecule has 0 saturated carbocycles. The highest BCUT2D eigenvalue weighted by molar-refractivity contribution is 6.31. The van der Waals surface area contributed by atoms with Gasteiger partial charge in [-0.05, 0) is 23.8 Å². The third-order valence-corrected chi connectivity index (χ3v) is 4.35. The Morgan fingerprint density at radius 1 is 1.00 bits per heavy atom. The van der Waals surface area contributed by atoms with E-state index in [0.29, 0.717) is 17.3 Å². The van der Waals surface area contributed by atoms with Gasteiger partial charge in [-0.2, -0.15) is 5.11 Å². The minimum absolute atomic E-state index is 0.326. The third kappa shape index (κ3) is 2.35. The number of halogens is 1. The molecular weight excluding hydrogens is 328 g/mol. The van der Waals surface area contributed by atoms with Crippen LogP contribution in [0.4, 0.5) is 5.69 Å². The van der Waals surface area contributed by atoms with E-state index in [1.807, 2.05) is 30.3 Å². The van der Waals surface area contributed by atoms with Gasteiger partial charge in [-0.25, -0.2) is 4.90 Å². The first-order valence-electron chi connectivity index (χ1n) is 7.50. The smallest absolute Gasteiger partial charge is 0.263 e. The van der Waals surface area contributed by atoms with Crippen LogP contribution in [-0.2, 0) is 16.1 Å². The lowest BCUT2D eigenvalue weighted by Crippen LogP contribution is -2.39. The Balaban J connectivity index is 1.62. The van der Waals surface area contributed by atoms with Gasteiger partial charge in [0.15, 0.2) is 12.1 Å². The summed E-state index contributed by atoms with van der Waals surface area (Å²) in [5.41, 5.74) is 1.46. The van der Waals surface area contributed by atoms with E-state index in [4.69, 9.17) is 11.6 Å². The summed E-state index contributed by atoms with van der Waals surface area (Å²) in [6.45, 7) is 0.425. The highest BCUT2D eigenvalue weighted by Gasteiger charge is 2.54. The zero-order valence-electron chi connectivity index (χ0n) is 12.5. The zero-order valence-corrected chi connectivity index (χ0v) is 13.3. The lowest BCUT2D eigenvalue weighted by Gasteiger charge is -2.20. The largest absolute Gasteiger partial charge is 0.271 e. The molecule has 2 heterocycles. The maximum Gasteiger partial charge on any atom is 0.263 e. The fourth-order valence-corrected chi connectivity index (χ4v) is 3.18. The molecule has 0 spiro atoms. The minimum atomic E-state index is -0.791. The monoisotopic (exact) mass is 340 g/mol. The van der Waals surface area contributed by atoms with Crippen LogP contribution in [0.1, 0.15) is 5.56 Å². The van der Waals surface area contributed by atoms with E-state index in [2.05, 4.69) is 10.3 Å². The minimum Gasteiger partial charge on any atom is -0.271 e. The van der Waals surface area contributed by atoms with Crippen molar-refractivity contribution in [3.8, 4) is 0 Å². The molecular formula is C17H13ClN4O2. The first-order chi connectivity index (χ1) is 11.6. The van der Waals surface area contributed by atoms with Crippen LogP contribution < -0.4 is 4.90 Å². The van der Waals surface area contributed by atoms with Crippen LogP contribution in [-0.4, -0.2) is 28.9 Å². The Bertz CT molecular complexity index is 839. The van der Waals surface area contributed by atoms with E-state index in [1.54, 1.807) is 29.3 Å². The molecule has 0 aliphatic carbocycles. The van der Waals surface area contributed by atoms with Gasteiger partial charge in [0.1, 0.15) is 0 Å². The van der Waals surface area contributed by atoms with E-state index >= 15 is 0 Å². The Kier molecular flexibility index (Phi) is 3.54. The summed E-state index contributed by atoms with van der Waals surface area (Å²) in [7, 11) is 0. The molecule has 2 amide bonds. The molecule has 2 atom stereocenters. The molecule has 6 nitrogen and oxygen atoms in total. The molecule has 0 N–H and O–H groups in total. The first kappa shape index (κ1) is 14.8. The number of benzene rings is 2. The highest BCUT2D eigenvalue weighted by atomic mass is 35.5. The molecule has 4 rings (SSSR count). The summed E-state index contributed by atoms with van der Waals surface area (Å²) in [6, 6.07) is 14.8. The maximum atomic E-state index is 12.8. The molecule has 7 heteroatoms. The number of rotatable bonds is 3. The van der Waals surface area contributed by atoms with E-state index in [9.17, 15) is 9.59 Å². The quantitative estimate of drug-likeness (QED) is 0.807. The number of carbonyl (C=O) groups is 2. The molecule has 0 bridgehead atoms. The van der Waals surface area contributed by atoms with Gasteiger partial charge in [-0.3, -0.25) is 14.6 Å². The predicted octanol–water partition coefficient (Wildman–Crippen LogP) is 2.83. The number of nitrogens with zero attached hydrogens (tertiary/aromatic N) is 4.